The van der Waals surface area contributed by atoms with Crippen molar-refractivity contribution in [2.24, 2.45) is 0 Å². The minimum Gasteiger partial charge on any atom is -0.355 e. The number of rotatable bonds is 9. The van der Waals surface area contributed by atoms with Crippen LogP contribution in [0.15, 0.2) is 30.3 Å². The smallest absolute Gasteiger partial charge is 0.251 e. The maximum atomic E-state index is 11.8. The van der Waals surface area contributed by atoms with Crippen molar-refractivity contribution < 1.29 is 9.59 Å². The summed E-state index contributed by atoms with van der Waals surface area (Å²) in [5, 5.41) is 8.91. The monoisotopic (exact) mass is 291 g/mol. The van der Waals surface area contributed by atoms with Crippen LogP contribution >= 0.6 is 0 Å². The number of carbonyl (C=O) groups is 2. The van der Waals surface area contributed by atoms with Crippen LogP contribution in [0.2, 0.25) is 0 Å². The van der Waals surface area contributed by atoms with Crippen LogP contribution in [0.1, 0.15) is 37.0 Å². The zero-order valence-corrected chi connectivity index (χ0v) is 12.8. The quantitative estimate of drug-likeness (QED) is 0.601. The molecule has 2 amide bonds. The van der Waals surface area contributed by atoms with Crippen molar-refractivity contribution in [3.05, 3.63) is 35.9 Å². The van der Waals surface area contributed by atoms with Gasteiger partial charge in [0, 0.05) is 31.1 Å². The molecule has 1 aromatic carbocycles. The van der Waals surface area contributed by atoms with E-state index >= 15 is 0 Å². The first kappa shape index (κ1) is 17.2. The molecular weight excluding hydrogens is 266 g/mol. The van der Waals surface area contributed by atoms with E-state index in [1.807, 2.05) is 32.0 Å². The maximum absolute atomic E-state index is 11.8. The Balaban J connectivity index is 2.11. The Labute approximate surface area is 126 Å². The minimum absolute atomic E-state index is 0.0220. The van der Waals surface area contributed by atoms with E-state index in [0.29, 0.717) is 31.5 Å². The average Bonchev–Trinajstić information content (AvgIpc) is 2.50. The lowest BCUT2D eigenvalue weighted by molar-refractivity contribution is -0.121. The molecule has 116 valence electrons. The molecule has 0 radical (unpaired) electrons. The molecule has 1 atom stereocenters. The second kappa shape index (κ2) is 9.94. The molecule has 0 spiro atoms. The van der Waals surface area contributed by atoms with Gasteiger partial charge in [-0.1, -0.05) is 25.1 Å². The predicted molar refractivity (Wildman–Crippen MR) is 84.2 cm³/mol. The van der Waals surface area contributed by atoms with Gasteiger partial charge in [0.2, 0.25) is 5.91 Å². The van der Waals surface area contributed by atoms with Crippen LogP contribution in [0.5, 0.6) is 0 Å². The summed E-state index contributed by atoms with van der Waals surface area (Å²) in [4.78, 5) is 23.4. The fraction of sp³-hybridized carbons (Fsp3) is 0.500. The van der Waals surface area contributed by atoms with Gasteiger partial charge >= 0.3 is 0 Å². The summed E-state index contributed by atoms with van der Waals surface area (Å²) >= 11 is 0. The third-order valence-corrected chi connectivity index (χ3v) is 3.06. The molecule has 0 fully saturated rings. The van der Waals surface area contributed by atoms with Crippen LogP contribution < -0.4 is 16.0 Å². The number of amides is 2. The molecule has 0 bridgehead atoms. The average molecular weight is 291 g/mol. The highest BCUT2D eigenvalue weighted by Gasteiger charge is 2.06. The summed E-state index contributed by atoms with van der Waals surface area (Å²) < 4.78 is 0. The number of carbonyl (C=O) groups excluding carboxylic acids is 2. The van der Waals surface area contributed by atoms with Gasteiger partial charge in [0.25, 0.3) is 5.91 Å². The summed E-state index contributed by atoms with van der Waals surface area (Å²) in [6.07, 6.45) is 1.06. The molecule has 0 saturated carbocycles. The van der Waals surface area contributed by atoms with Gasteiger partial charge in [-0.05, 0) is 32.0 Å². The van der Waals surface area contributed by atoms with E-state index in [4.69, 9.17) is 0 Å². The fourth-order valence-corrected chi connectivity index (χ4v) is 1.92. The summed E-state index contributed by atoms with van der Waals surface area (Å²) in [5.74, 6) is -0.0783. The van der Waals surface area contributed by atoms with Crippen molar-refractivity contribution in [2.75, 3.05) is 19.6 Å². The van der Waals surface area contributed by atoms with E-state index in [9.17, 15) is 9.59 Å². The zero-order chi connectivity index (χ0) is 15.5. The summed E-state index contributed by atoms with van der Waals surface area (Å²) in [6.45, 7) is 6.09. The van der Waals surface area contributed by atoms with E-state index in [2.05, 4.69) is 16.0 Å². The maximum Gasteiger partial charge on any atom is 0.251 e. The number of hydrogen-bond donors (Lipinski definition) is 3. The highest BCUT2D eigenvalue weighted by molar-refractivity contribution is 5.94. The molecule has 5 nitrogen and oxygen atoms in total. The molecule has 0 aliphatic rings. The Morgan fingerprint density at radius 3 is 2.52 bits per heavy atom. The van der Waals surface area contributed by atoms with Crippen molar-refractivity contribution in [3.63, 3.8) is 0 Å². The van der Waals surface area contributed by atoms with Gasteiger partial charge in [-0.2, -0.15) is 0 Å². The van der Waals surface area contributed by atoms with Crippen molar-refractivity contribution in [1.29, 1.82) is 0 Å². The normalized spacial score (nSPS) is 11.7. The summed E-state index contributed by atoms with van der Waals surface area (Å²) in [6, 6.07) is 9.34. The second-order valence-electron chi connectivity index (χ2n) is 4.99. The Morgan fingerprint density at radius 1 is 1.14 bits per heavy atom. The highest BCUT2D eigenvalue weighted by Crippen LogP contribution is 1.98. The van der Waals surface area contributed by atoms with Crippen LogP contribution in [0.4, 0.5) is 0 Å². The first-order valence-corrected chi connectivity index (χ1v) is 7.46. The Morgan fingerprint density at radius 2 is 1.86 bits per heavy atom. The first-order chi connectivity index (χ1) is 10.1. The van der Waals surface area contributed by atoms with Crippen LogP contribution in [0.3, 0.4) is 0 Å². The lowest BCUT2D eigenvalue weighted by atomic mass is 10.2. The minimum atomic E-state index is -0.100. The van der Waals surface area contributed by atoms with Crippen molar-refractivity contribution in [3.8, 4) is 0 Å². The van der Waals surface area contributed by atoms with Gasteiger partial charge in [-0.3, -0.25) is 9.59 Å². The lowest BCUT2D eigenvalue weighted by Crippen LogP contribution is -2.39. The molecule has 0 aliphatic carbocycles. The molecule has 3 N–H and O–H groups in total. The standard InChI is InChI=1S/C16H25N3O2/c1-3-17-13(2)12-19-15(20)10-7-11-18-16(21)14-8-5-4-6-9-14/h4-6,8-9,13,17H,3,7,10-12H2,1-2H3,(H,18,21)(H,19,20)/t13-/m1/s1. The van der Waals surface area contributed by atoms with Gasteiger partial charge in [0.15, 0.2) is 0 Å². The summed E-state index contributed by atoms with van der Waals surface area (Å²) in [5.41, 5.74) is 0.640. The molecule has 1 rings (SSSR count). The zero-order valence-electron chi connectivity index (χ0n) is 12.8. The van der Waals surface area contributed by atoms with E-state index in [-0.39, 0.29) is 17.9 Å². The van der Waals surface area contributed by atoms with Crippen LogP contribution in [0.25, 0.3) is 0 Å². The molecule has 0 aromatic heterocycles. The fourth-order valence-electron chi connectivity index (χ4n) is 1.92. The van der Waals surface area contributed by atoms with Crippen molar-refractivity contribution >= 4 is 11.8 Å². The van der Waals surface area contributed by atoms with Gasteiger partial charge in [-0.15, -0.1) is 0 Å². The number of nitrogens with one attached hydrogen (secondary N) is 3. The molecule has 21 heavy (non-hydrogen) atoms. The van der Waals surface area contributed by atoms with E-state index in [1.54, 1.807) is 12.1 Å². The van der Waals surface area contributed by atoms with Gasteiger partial charge in [-0.25, -0.2) is 0 Å². The molecule has 0 heterocycles. The molecule has 0 unspecified atom stereocenters. The van der Waals surface area contributed by atoms with Gasteiger partial charge in [0.1, 0.15) is 0 Å². The predicted octanol–water partition coefficient (Wildman–Crippen LogP) is 1.31. The number of hydrogen-bond acceptors (Lipinski definition) is 3. The molecule has 5 heteroatoms. The van der Waals surface area contributed by atoms with Gasteiger partial charge < -0.3 is 16.0 Å². The summed E-state index contributed by atoms with van der Waals surface area (Å²) in [7, 11) is 0. The SMILES string of the molecule is CCN[C@H](C)CNC(=O)CCCNC(=O)c1ccccc1. The van der Waals surface area contributed by atoms with E-state index < -0.39 is 0 Å². The van der Waals surface area contributed by atoms with Crippen molar-refractivity contribution in [1.82, 2.24) is 16.0 Å². The molecule has 1 aromatic rings. The van der Waals surface area contributed by atoms with Crippen LogP contribution in [-0.2, 0) is 4.79 Å². The largest absolute Gasteiger partial charge is 0.355 e. The second-order valence-corrected chi connectivity index (χ2v) is 4.99. The van der Waals surface area contributed by atoms with E-state index in [0.717, 1.165) is 6.54 Å². The van der Waals surface area contributed by atoms with Crippen molar-refractivity contribution in [2.45, 2.75) is 32.7 Å². The third kappa shape index (κ3) is 7.46. The Kier molecular flexibility index (Phi) is 8.12. The Bertz CT molecular complexity index is 434. The van der Waals surface area contributed by atoms with Crippen LogP contribution in [0, 0.1) is 0 Å². The number of benzene rings is 1. The van der Waals surface area contributed by atoms with E-state index in [1.165, 1.54) is 0 Å². The lowest BCUT2D eigenvalue weighted by Gasteiger charge is -2.13. The molecular formula is C16H25N3O2. The number of likely N-dealkylation sites (N-methyl/N-ethyl adjacent to an activating group) is 1. The first-order valence-electron chi connectivity index (χ1n) is 7.46. The third-order valence-electron chi connectivity index (χ3n) is 3.06. The molecule has 0 aliphatic heterocycles. The molecule has 0 saturated heterocycles. The highest BCUT2D eigenvalue weighted by atomic mass is 16.2. The van der Waals surface area contributed by atoms with Gasteiger partial charge in [0.05, 0.1) is 0 Å². The Hall–Kier alpha value is -1.88. The van der Waals surface area contributed by atoms with Crippen LogP contribution in [-0.4, -0.2) is 37.5 Å². The topological polar surface area (TPSA) is 70.2 Å².